The van der Waals surface area contributed by atoms with E-state index in [2.05, 4.69) is 24.6 Å². The van der Waals surface area contributed by atoms with Crippen LogP contribution in [0.4, 0.5) is 9.59 Å². The Labute approximate surface area is 332 Å². The molecule has 2 fully saturated rings. The molecule has 13 heteroatoms. The van der Waals surface area contributed by atoms with Crippen LogP contribution in [0.25, 0.3) is 0 Å². The highest BCUT2D eigenvalue weighted by Crippen LogP contribution is 2.62. The number of fused-ring (bicyclic) bond motifs is 2. The SMILES string of the molecule is C=CCCOC(=O)N(CCC)C1CC(=NOC2CCCCO2)C2=CC(CCCCO)C(CCCCO)C3c4cc(OC(=O)NCC)ccc4OC1(OCC=C)C23. The van der Waals surface area contributed by atoms with Crippen LogP contribution < -0.4 is 14.8 Å². The van der Waals surface area contributed by atoms with E-state index in [1.54, 1.807) is 23.1 Å². The van der Waals surface area contributed by atoms with Crippen LogP contribution >= 0.6 is 0 Å². The number of aliphatic hydroxyl groups excluding tert-OH is 2. The summed E-state index contributed by atoms with van der Waals surface area (Å²) in [4.78, 5) is 34.8. The van der Waals surface area contributed by atoms with E-state index in [1.807, 2.05) is 26.0 Å². The van der Waals surface area contributed by atoms with Crippen molar-refractivity contribution in [3.05, 3.63) is 60.7 Å². The van der Waals surface area contributed by atoms with Crippen molar-refractivity contribution in [1.29, 1.82) is 0 Å². The zero-order valence-corrected chi connectivity index (χ0v) is 33.3. The zero-order valence-electron chi connectivity index (χ0n) is 33.3. The minimum absolute atomic E-state index is 0.0184. The zero-order chi connectivity index (χ0) is 39.9. The van der Waals surface area contributed by atoms with E-state index in [1.165, 1.54) is 0 Å². The second kappa shape index (κ2) is 21.6. The third-order valence-corrected chi connectivity index (χ3v) is 11.2. The molecule has 5 rings (SSSR count). The lowest BCUT2D eigenvalue weighted by Gasteiger charge is -2.59. The van der Waals surface area contributed by atoms with Gasteiger partial charge in [0.05, 0.1) is 31.5 Å². The smallest absolute Gasteiger partial charge is 0.412 e. The van der Waals surface area contributed by atoms with Gasteiger partial charge in [-0.25, -0.2) is 9.59 Å². The van der Waals surface area contributed by atoms with Gasteiger partial charge in [0.1, 0.15) is 17.5 Å². The van der Waals surface area contributed by atoms with E-state index in [-0.39, 0.29) is 50.6 Å². The molecular formula is C43H63N3O10. The standard InChI is InChI=1S/C43H63N3O10/c1-5-9-25-52-42(50)46(21-6-2)37-29-35(45-56-38-18-12-15-26-51-38)33-27-30(16-10-13-22-47)32(17-11-14-23-48)39-34-28-31(54-41(49)44-8-4)19-20-36(34)55-43(37,40(33)39)53-24-7-3/h5,7,19-20,27-28,30,32,37-40,47-48H,1,3,6,8-18,21-26,29H2,2,4H3,(H,44,49). The fourth-order valence-corrected chi connectivity index (χ4v) is 8.84. The molecule has 2 aliphatic heterocycles. The summed E-state index contributed by atoms with van der Waals surface area (Å²) in [6, 6.07) is 4.71. The number of allylic oxidation sites excluding steroid dienone is 1. The summed E-state index contributed by atoms with van der Waals surface area (Å²) in [6.07, 6.45) is 12.7. The van der Waals surface area contributed by atoms with E-state index in [0.717, 1.165) is 56.1 Å². The van der Waals surface area contributed by atoms with Crippen molar-refractivity contribution in [1.82, 2.24) is 10.2 Å². The first kappa shape index (κ1) is 43.2. The lowest BCUT2D eigenvalue weighted by atomic mass is 9.55. The summed E-state index contributed by atoms with van der Waals surface area (Å²) in [7, 11) is 0. The van der Waals surface area contributed by atoms with Gasteiger partial charge in [0.2, 0.25) is 12.1 Å². The minimum atomic E-state index is -1.42. The number of rotatable bonds is 21. The highest BCUT2D eigenvalue weighted by Gasteiger charge is 2.65. The Bertz CT molecular complexity index is 1530. The average molecular weight is 782 g/mol. The number of hydrogen-bond acceptors (Lipinski definition) is 11. The summed E-state index contributed by atoms with van der Waals surface area (Å²) in [5.41, 5.74) is 2.45. The van der Waals surface area contributed by atoms with Gasteiger partial charge in [-0.3, -0.25) is 4.90 Å². The van der Waals surface area contributed by atoms with Gasteiger partial charge in [-0.2, -0.15) is 0 Å². The maximum atomic E-state index is 14.2. The van der Waals surface area contributed by atoms with Gasteiger partial charge >= 0.3 is 12.2 Å². The highest BCUT2D eigenvalue weighted by atomic mass is 16.8. The molecule has 4 aliphatic rings. The van der Waals surface area contributed by atoms with Gasteiger partial charge in [-0.1, -0.05) is 43.1 Å². The minimum Gasteiger partial charge on any atom is -0.459 e. The van der Waals surface area contributed by atoms with Gasteiger partial charge in [0, 0.05) is 50.6 Å². The van der Waals surface area contributed by atoms with Crippen LogP contribution in [0.5, 0.6) is 11.5 Å². The number of hydrogen-bond donors (Lipinski definition) is 3. The molecule has 2 amide bonds. The Hall–Kier alpha value is -3.91. The van der Waals surface area contributed by atoms with Crippen molar-refractivity contribution in [2.24, 2.45) is 22.9 Å². The second-order valence-corrected chi connectivity index (χ2v) is 15.0. The number of carbonyl (C=O) groups is 2. The molecule has 0 spiro atoms. The first-order chi connectivity index (χ1) is 27.3. The van der Waals surface area contributed by atoms with E-state index in [4.69, 9.17) is 33.7 Å². The predicted octanol–water partition coefficient (Wildman–Crippen LogP) is 7.38. The van der Waals surface area contributed by atoms with Crippen molar-refractivity contribution in [3.8, 4) is 11.5 Å². The summed E-state index contributed by atoms with van der Waals surface area (Å²) >= 11 is 0. The molecule has 13 nitrogen and oxygen atoms in total. The number of nitrogens with zero attached hydrogens (tertiary/aromatic N) is 2. The molecule has 3 N–H and O–H groups in total. The first-order valence-electron chi connectivity index (χ1n) is 20.7. The molecule has 310 valence electrons. The number of amides is 2. The third-order valence-electron chi connectivity index (χ3n) is 11.2. The number of oxime groups is 1. The van der Waals surface area contributed by atoms with Gasteiger partial charge < -0.3 is 44.1 Å². The van der Waals surface area contributed by atoms with Crippen molar-refractivity contribution in [2.45, 2.75) is 115 Å². The molecule has 7 atom stereocenters. The van der Waals surface area contributed by atoms with Crippen molar-refractivity contribution < 1.29 is 48.3 Å². The maximum Gasteiger partial charge on any atom is 0.412 e. The molecule has 2 aliphatic carbocycles. The van der Waals surface area contributed by atoms with Gasteiger partial charge in [0.25, 0.3) is 0 Å². The highest BCUT2D eigenvalue weighted by molar-refractivity contribution is 6.03. The van der Waals surface area contributed by atoms with Crippen LogP contribution in [-0.4, -0.2) is 97.3 Å². The van der Waals surface area contributed by atoms with Crippen LogP contribution in [0.2, 0.25) is 0 Å². The van der Waals surface area contributed by atoms with Crippen LogP contribution in [0.3, 0.4) is 0 Å². The Morgan fingerprint density at radius 1 is 1.09 bits per heavy atom. The number of aliphatic hydroxyl groups is 2. The van der Waals surface area contributed by atoms with Crippen LogP contribution in [0, 0.1) is 17.8 Å². The fraction of sp³-hybridized carbons (Fsp3) is 0.651. The molecular weight excluding hydrogens is 718 g/mol. The summed E-state index contributed by atoms with van der Waals surface area (Å²) in [6.45, 7) is 13.5. The van der Waals surface area contributed by atoms with E-state index < -0.39 is 36.2 Å². The van der Waals surface area contributed by atoms with Gasteiger partial charge in [0.15, 0.2) is 0 Å². The summed E-state index contributed by atoms with van der Waals surface area (Å²) in [5.74, 6) is -1.18. The van der Waals surface area contributed by atoms with E-state index >= 15 is 0 Å². The molecule has 2 heterocycles. The van der Waals surface area contributed by atoms with Gasteiger partial charge in [-0.15, -0.1) is 13.2 Å². The lowest BCUT2D eigenvalue weighted by Crippen LogP contribution is -2.70. The van der Waals surface area contributed by atoms with E-state index in [0.29, 0.717) is 62.6 Å². The predicted molar refractivity (Wildman–Crippen MR) is 212 cm³/mol. The number of ether oxygens (including phenoxy) is 5. The number of benzene rings is 1. The largest absolute Gasteiger partial charge is 0.459 e. The number of carbonyl (C=O) groups excluding carboxylic acids is 2. The topological polar surface area (TPSA) is 158 Å². The second-order valence-electron chi connectivity index (χ2n) is 15.0. The quantitative estimate of drug-likeness (QED) is 0.0653. The average Bonchev–Trinajstić information content (AvgIpc) is 3.20. The van der Waals surface area contributed by atoms with Crippen LogP contribution in [0.15, 0.2) is 60.3 Å². The molecule has 1 saturated carbocycles. The molecule has 56 heavy (non-hydrogen) atoms. The van der Waals surface area contributed by atoms with Gasteiger partial charge in [-0.05, 0) is 93.9 Å². The Kier molecular flexibility index (Phi) is 16.6. The molecule has 1 saturated heterocycles. The lowest BCUT2D eigenvalue weighted by molar-refractivity contribution is -0.255. The first-order valence-corrected chi connectivity index (χ1v) is 20.7. The number of nitrogens with one attached hydrogen (secondary N) is 1. The van der Waals surface area contributed by atoms with Crippen LogP contribution in [0.1, 0.15) is 102 Å². The van der Waals surface area contributed by atoms with Crippen molar-refractivity contribution in [2.75, 3.05) is 46.1 Å². The fourth-order valence-electron chi connectivity index (χ4n) is 8.84. The summed E-state index contributed by atoms with van der Waals surface area (Å²) < 4.78 is 31.7. The molecule has 1 aromatic rings. The number of unbranched alkanes of at least 4 members (excludes halogenated alkanes) is 2. The Morgan fingerprint density at radius 2 is 1.89 bits per heavy atom. The summed E-state index contributed by atoms with van der Waals surface area (Å²) in [5, 5.41) is 27.3. The van der Waals surface area contributed by atoms with E-state index in [9.17, 15) is 19.8 Å². The van der Waals surface area contributed by atoms with Crippen molar-refractivity contribution >= 4 is 17.9 Å². The Balaban J connectivity index is 1.76. The monoisotopic (exact) mass is 781 g/mol. The molecule has 0 bridgehead atoms. The maximum absolute atomic E-state index is 14.2. The normalized spacial score (nSPS) is 27.1. The molecule has 0 aromatic heterocycles. The third kappa shape index (κ3) is 10.1. The molecule has 0 radical (unpaired) electrons. The van der Waals surface area contributed by atoms with Crippen LogP contribution in [-0.2, 0) is 19.0 Å². The Morgan fingerprint density at radius 3 is 2.59 bits per heavy atom. The molecule has 1 aromatic carbocycles. The van der Waals surface area contributed by atoms with Crippen molar-refractivity contribution in [3.63, 3.8) is 0 Å². The molecule has 7 unspecified atom stereocenters.